The zero-order valence-electron chi connectivity index (χ0n) is 18.7. The molecule has 0 radical (unpaired) electrons. The molecule has 0 spiro atoms. The van der Waals surface area contributed by atoms with E-state index in [1.54, 1.807) is 13.8 Å². The van der Waals surface area contributed by atoms with Crippen molar-refractivity contribution in [2.45, 2.75) is 68.1 Å². The Labute approximate surface area is 208 Å². The van der Waals surface area contributed by atoms with Crippen LogP contribution in [0.15, 0.2) is 21.9 Å². The Bertz CT molecular complexity index is 1030. The number of ether oxygens (including phenoxy) is 3. The number of carbonyl (C=O) groups excluding carboxylic acids is 2. The van der Waals surface area contributed by atoms with Gasteiger partial charge in [-0.25, -0.2) is 4.79 Å². The number of rotatable bonds is 10. The van der Waals surface area contributed by atoms with Gasteiger partial charge in [0.2, 0.25) is 0 Å². The number of carbonyl (C=O) groups is 2. The molecule has 1 aromatic rings. The molecule has 1 aliphatic rings. The molecule has 0 bridgehead atoms. The summed E-state index contributed by atoms with van der Waals surface area (Å²) in [7, 11) is -2.58. The highest BCUT2D eigenvalue weighted by Gasteiger charge is 2.59. The van der Waals surface area contributed by atoms with E-state index >= 15 is 0 Å². The predicted molar refractivity (Wildman–Crippen MR) is 124 cm³/mol. The van der Waals surface area contributed by atoms with Crippen molar-refractivity contribution < 1.29 is 32.9 Å². The molecule has 1 saturated heterocycles. The first kappa shape index (κ1) is 28.6. The SMILES string of the molecule is CC(C)OC(=O)[C@@H](C)N[P+](=O)OC[C@H]1O[C@@H](n2ccc(=O)[nH]c2=O)[C@](Cl)(Br)[C@@H]1OC(=O)[C@H](C)N. The van der Waals surface area contributed by atoms with Gasteiger partial charge in [-0.05, 0) is 32.3 Å². The number of nitrogens with zero attached hydrogens (tertiary/aromatic N) is 1. The Morgan fingerprint density at radius 3 is 2.56 bits per heavy atom. The number of halogens is 2. The molecule has 2 heterocycles. The molecule has 1 unspecified atom stereocenters. The van der Waals surface area contributed by atoms with Crippen molar-refractivity contribution in [2.75, 3.05) is 6.61 Å². The fraction of sp³-hybridized carbons (Fsp3) is 0.667. The van der Waals surface area contributed by atoms with Gasteiger partial charge in [0.1, 0.15) is 24.8 Å². The van der Waals surface area contributed by atoms with E-state index < -0.39 is 72.3 Å². The van der Waals surface area contributed by atoms with Crippen molar-refractivity contribution in [3.63, 3.8) is 0 Å². The van der Waals surface area contributed by atoms with E-state index in [-0.39, 0.29) is 6.10 Å². The number of nitrogens with two attached hydrogens (primary N) is 1. The van der Waals surface area contributed by atoms with E-state index in [1.807, 2.05) is 0 Å². The molecule has 0 aliphatic carbocycles. The Morgan fingerprint density at radius 2 is 2.00 bits per heavy atom. The van der Waals surface area contributed by atoms with Crippen LogP contribution >= 0.6 is 35.7 Å². The van der Waals surface area contributed by atoms with Gasteiger partial charge in [0.05, 0.1) is 6.10 Å². The summed E-state index contributed by atoms with van der Waals surface area (Å²) in [5.41, 5.74) is 4.11. The summed E-state index contributed by atoms with van der Waals surface area (Å²) in [6, 6.07) is -0.851. The van der Waals surface area contributed by atoms with Crippen LogP contribution in [-0.2, 0) is 32.9 Å². The lowest BCUT2D eigenvalue weighted by Crippen LogP contribution is -2.45. The number of nitrogens with one attached hydrogen (secondary N) is 2. The minimum absolute atomic E-state index is 0.355. The van der Waals surface area contributed by atoms with Crippen LogP contribution in [0.4, 0.5) is 0 Å². The second-order valence-corrected chi connectivity index (χ2v) is 11.2. The van der Waals surface area contributed by atoms with Crippen molar-refractivity contribution in [3.8, 4) is 0 Å². The average Bonchev–Trinajstić information content (AvgIpc) is 2.95. The Balaban J connectivity index is 2.20. The summed E-state index contributed by atoms with van der Waals surface area (Å²) in [6.07, 6.45) is -2.86. The first-order chi connectivity index (χ1) is 15.7. The van der Waals surface area contributed by atoms with Crippen LogP contribution in [0.3, 0.4) is 0 Å². The fourth-order valence-electron chi connectivity index (χ4n) is 2.82. The van der Waals surface area contributed by atoms with Crippen molar-refractivity contribution >= 4 is 47.6 Å². The van der Waals surface area contributed by atoms with Gasteiger partial charge in [-0.1, -0.05) is 32.6 Å². The number of hydrogen-bond acceptors (Lipinski definition) is 10. The van der Waals surface area contributed by atoms with Crippen LogP contribution in [-0.4, -0.2) is 62.3 Å². The summed E-state index contributed by atoms with van der Waals surface area (Å²) in [5, 5.41) is 2.45. The molecular formula is C18H26BrClN4O9P+. The molecule has 1 aliphatic heterocycles. The Morgan fingerprint density at radius 1 is 1.35 bits per heavy atom. The minimum atomic E-state index is -2.58. The van der Waals surface area contributed by atoms with Gasteiger partial charge >= 0.3 is 25.8 Å². The molecule has 34 heavy (non-hydrogen) atoms. The maximum absolute atomic E-state index is 12.3. The number of alkyl halides is 2. The van der Waals surface area contributed by atoms with Crippen LogP contribution in [0, 0.1) is 0 Å². The molecule has 190 valence electrons. The summed E-state index contributed by atoms with van der Waals surface area (Å²) < 4.78 is 33.1. The minimum Gasteiger partial charge on any atom is -0.462 e. The second-order valence-electron chi connectivity index (χ2n) is 7.75. The third kappa shape index (κ3) is 7.17. The molecule has 2 rings (SSSR count). The molecule has 0 saturated carbocycles. The van der Waals surface area contributed by atoms with Gasteiger partial charge in [-0.3, -0.25) is 23.9 Å². The zero-order chi connectivity index (χ0) is 25.8. The Kier molecular flexibility index (Phi) is 9.95. The normalized spacial score (nSPS) is 26.7. The smallest absolute Gasteiger partial charge is 0.462 e. The number of aromatic amines is 1. The highest BCUT2D eigenvalue weighted by Crippen LogP contribution is 2.49. The fourth-order valence-corrected chi connectivity index (χ4v) is 4.65. The lowest BCUT2D eigenvalue weighted by atomic mass is 10.1. The number of H-pyrrole nitrogens is 1. The quantitative estimate of drug-likeness (QED) is 0.198. The maximum Gasteiger partial charge on any atom is 0.613 e. The molecule has 13 nitrogen and oxygen atoms in total. The van der Waals surface area contributed by atoms with Gasteiger partial charge in [0.15, 0.2) is 16.1 Å². The lowest BCUT2D eigenvalue weighted by Gasteiger charge is -2.27. The van der Waals surface area contributed by atoms with E-state index in [2.05, 4.69) is 26.0 Å². The molecule has 7 atom stereocenters. The van der Waals surface area contributed by atoms with Crippen LogP contribution < -0.4 is 22.1 Å². The highest BCUT2D eigenvalue weighted by atomic mass is 79.9. The van der Waals surface area contributed by atoms with Crippen molar-refractivity contribution in [2.24, 2.45) is 5.73 Å². The average molecular weight is 589 g/mol. The van der Waals surface area contributed by atoms with Crippen molar-refractivity contribution in [1.29, 1.82) is 0 Å². The van der Waals surface area contributed by atoms with Crippen LogP contribution in [0.2, 0.25) is 0 Å². The predicted octanol–water partition coefficient (Wildman–Crippen LogP) is 0.627. The van der Waals surface area contributed by atoms with Crippen molar-refractivity contribution in [3.05, 3.63) is 33.1 Å². The van der Waals surface area contributed by atoms with Crippen LogP contribution in [0.1, 0.15) is 33.9 Å². The molecule has 1 aromatic heterocycles. The maximum atomic E-state index is 12.3. The summed E-state index contributed by atoms with van der Waals surface area (Å²) >= 11 is 9.83. The second kappa shape index (κ2) is 11.8. The van der Waals surface area contributed by atoms with Gasteiger partial charge < -0.3 is 19.9 Å². The molecule has 1 fully saturated rings. The van der Waals surface area contributed by atoms with Crippen molar-refractivity contribution in [1.82, 2.24) is 14.6 Å². The molecular weight excluding hydrogens is 563 g/mol. The van der Waals surface area contributed by atoms with E-state index in [1.165, 1.54) is 13.8 Å². The molecule has 0 aromatic carbocycles. The highest BCUT2D eigenvalue weighted by molar-refractivity contribution is 9.10. The standard InChI is InChI=1S/C18H25BrClN4O9P/c1-8(2)31-15(27)10(4)23-34(29)30-7-11-13(33-14(26)9(3)21)18(19,20)16(32-11)24-6-5-12(25)22-17(24)28/h5-6,8-11,13,16H,7,21H2,1-4H3,(H-,22,23,25,28,29)/p+1/t9-,10+,11+,13+,16+,18-/m0/s1. The summed E-state index contributed by atoms with van der Waals surface area (Å²) in [6.45, 7) is 5.77. The summed E-state index contributed by atoms with van der Waals surface area (Å²) in [5.74, 6) is -1.44. The van der Waals surface area contributed by atoms with Gasteiger partial charge in [0.25, 0.3) is 5.56 Å². The molecule has 16 heteroatoms. The van der Waals surface area contributed by atoms with E-state index in [9.17, 15) is 23.7 Å². The van der Waals surface area contributed by atoms with Crippen LogP contribution in [0.25, 0.3) is 0 Å². The first-order valence-electron chi connectivity index (χ1n) is 10.1. The molecule has 0 amide bonds. The van der Waals surface area contributed by atoms with E-state index in [4.69, 9.17) is 36.1 Å². The van der Waals surface area contributed by atoms with Gasteiger partial charge in [0, 0.05) is 12.3 Å². The van der Waals surface area contributed by atoms with Gasteiger partial charge in [-0.2, -0.15) is 0 Å². The third-order valence-corrected chi connectivity index (χ3v) is 6.66. The monoisotopic (exact) mass is 587 g/mol. The summed E-state index contributed by atoms with van der Waals surface area (Å²) in [4.78, 5) is 49.8. The topological polar surface area (TPSA) is 181 Å². The third-order valence-electron chi connectivity index (χ3n) is 4.43. The van der Waals surface area contributed by atoms with Gasteiger partial charge in [-0.15, -0.1) is 4.52 Å². The van der Waals surface area contributed by atoms with E-state index in [0.717, 1.165) is 16.8 Å². The lowest BCUT2D eigenvalue weighted by molar-refractivity contribution is -0.154. The number of aromatic nitrogens is 2. The Hall–Kier alpha value is -1.67. The van der Waals surface area contributed by atoms with E-state index in [0.29, 0.717) is 0 Å². The number of esters is 2. The first-order valence-corrected chi connectivity index (χ1v) is 12.5. The zero-order valence-corrected chi connectivity index (χ0v) is 22.0. The van der Waals surface area contributed by atoms with Crippen LogP contribution in [0.5, 0.6) is 0 Å². The number of hydrogen-bond donors (Lipinski definition) is 3. The largest absolute Gasteiger partial charge is 0.613 e. The molecule has 4 N–H and O–H groups in total.